The lowest BCUT2D eigenvalue weighted by Crippen LogP contribution is -2.48. The number of hydrogen-bond donors (Lipinski definition) is 2. The van der Waals surface area contributed by atoms with E-state index in [9.17, 15) is 14.7 Å². The average molecular weight is 401 g/mol. The number of ether oxygens (including phenoxy) is 2. The highest BCUT2D eigenvalue weighted by Gasteiger charge is 2.26. The van der Waals surface area contributed by atoms with Crippen LogP contribution in [-0.2, 0) is 22.6 Å². The van der Waals surface area contributed by atoms with Gasteiger partial charge in [-0.3, -0.25) is 14.9 Å². The zero-order valence-corrected chi connectivity index (χ0v) is 16.9. The number of nitrogens with zero attached hydrogens (tertiary/aromatic N) is 2. The fourth-order valence-corrected chi connectivity index (χ4v) is 3.39. The van der Waals surface area contributed by atoms with E-state index in [1.165, 1.54) is 6.92 Å². The number of aromatic nitrogens is 2. The van der Waals surface area contributed by atoms with Crippen LogP contribution in [-0.4, -0.2) is 45.3 Å². The molecular weight excluding hydrogens is 374 g/mol. The van der Waals surface area contributed by atoms with Crippen LogP contribution in [0.5, 0.6) is 11.5 Å². The van der Waals surface area contributed by atoms with Crippen molar-refractivity contribution in [3.63, 3.8) is 0 Å². The van der Waals surface area contributed by atoms with Gasteiger partial charge in [0.05, 0.1) is 12.4 Å². The zero-order chi connectivity index (χ0) is 21.0. The summed E-state index contributed by atoms with van der Waals surface area (Å²) >= 11 is 0. The molecule has 0 fully saturated rings. The number of carbonyl (C=O) groups is 2. The molecule has 0 bridgehead atoms. The van der Waals surface area contributed by atoms with Crippen molar-refractivity contribution in [2.24, 2.45) is 5.92 Å². The molecule has 0 amide bonds. The van der Waals surface area contributed by atoms with Gasteiger partial charge in [0, 0.05) is 24.9 Å². The van der Waals surface area contributed by atoms with Crippen LogP contribution in [0.2, 0.25) is 0 Å². The van der Waals surface area contributed by atoms with Crippen LogP contribution in [0, 0.1) is 5.92 Å². The van der Waals surface area contributed by atoms with Gasteiger partial charge in [-0.05, 0) is 37.0 Å². The van der Waals surface area contributed by atoms with E-state index in [1.54, 1.807) is 12.5 Å². The number of fused-ring (bicyclic) bond motifs is 1. The van der Waals surface area contributed by atoms with Crippen molar-refractivity contribution in [2.75, 3.05) is 6.79 Å². The Balaban J connectivity index is 1.72. The normalized spacial score (nSPS) is 14.8. The third kappa shape index (κ3) is 5.35. The van der Waals surface area contributed by atoms with Gasteiger partial charge in [-0.15, -0.1) is 0 Å². The topological polar surface area (TPSA) is 103 Å². The Labute approximate surface area is 169 Å². The molecule has 156 valence electrons. The van der Waals surface area contributed by atoms with Gasteiger partial charge in [-0.2, -0.15) is 0 Å². The van der Waals surface area contributed by atoms with Gasteiger partial charge in [-0.1, -0.05) is 19.9 Å². The minimum absolute atomic E-state index is 0.0567. The summed E-state index contributed by atoms with van der Waals surface area (Å²) in [6.45, 7) is 6.25. The molecule has 0 radical (unpaired) electrons. The number of rotatable bonds is 10. The predicted molar refractivity (Wildman–Crippen MR) is 106 cm³/mol. The second kappa shape index (κ2) is 9.09. The number of Topliss-reactive ketones (excluding diaryl/α,β-unsaturated/α-hetero) is 1. The van der Waals surface area contributed by atoms with Crippen LogP contribution >= 0.6 is 0 Å². The van der Waals surface area contributed by atoms with Crippen molar-refractivity contribution in [1.29, 1.82) is 0 Å². The number of hydrogen-bond acceptors (Lipinski definition) is 6. The van der Waals surface area contributed by atoms with E-state index in [0.29, 0.717) is 18.7 Å². The van der Waals surface area contributed by atoms with Crippen LogP contribution in [0.1, 0.15) is 38.4 Å². The number of nitrogens with one attached hydrogen (secondary N) is 1. The predicted octanol–water partition coefficient (Wildman–Crippen LogP) is 2.25. The number of carbonyl (C=O) groups excluding carboxylic acids is 1. The first-order chi connectivity index (χ1) is 13.8. The molecule has 2 atom stereocenters. The fourth-order valence-electron chi connectivity index (χ4n) is 3.39. The Kier molecular flexibility index (Phi) is 6.53. The highest BCUT2D eigenvalue weighted by Crippen LogP contribution is 2.32. The number of ketones is 1. The number of imidazole rings is 1. The van der Waals surface area contributed by atoms with E-state index in [0.717, 1.165) is 17.0 Å². The van der Waals surface area contributed by atoms with E-state index >= 15 is 0 Å². The largest absolute Gasteiger partial charge is 0.480 e. The molecule has 2 aromatic rings. The van der Waals surface area contributed by atoms with Crippen molar-refractivity contribution in [3.05, 3.63) is 42.0 Å². The second-order valence-electron chi connectivity index (χ2n) is 7.75. The molecule has 2 unspecified atom stereocenters. The summed E-state index contributed by atoms with van der Waals surface area (Å²) < 4.78 is 12.7. The second-order valence-corrected chi connectivity index (χ2v) is 7.75. The van der Waals surface area contributed by atoms with Crippen molar-refractivity contribution in [1.82, 2.24) is 14.9 Å². The van der Waals surface area contributed by atoms with E-state index < -0.39 is 18.1 Å². The Morgan fingerprint density at radius 1 is 1.24 bits per heavy atom. The lowest BCUT2D eigenvalue weighted by Gasteiger charge is -2.23. The monoisotopic (exact) mass is 401 g/mol. The SMILES string of the molecule is CC(=O)C(CC(C)C)NC(Cc1cncn1Cc1ccc2c(c1)OCO2)C(=O)O. The van der Waals surface area contributed by atoms with E-state index in [1.807, 2.05) is 36.6 Å². The number of carboxylic acid groups (broad SMARTS) is 1. The standard InChI is InChI=1S/C21H27N3O5/c1-13(2)6-17(14(3)25)23-18(21(26)27)8-16-9-22-11-24(16)10-15-4-5-19-20(7-15)29-12-28-19/h4-5,7,9,11,13,17-18,23H,6,8,10,12H2,1-3H3,(H,26,27). The summed E-state index contributed by atoms with van der Waals surface area (Å²) in [6, 6.07) is 4.35. The molecule has 1 aliphatic rings. The third-order valence-electron chi connectivity index (χ3n) is 4.90. The number of benzene rings is 1. The molecule has 8 nitrogen and oxygen atoms in total. The maximum absolute atomic E-state index is 11.9. The van der Waals surface area contributed by atoms with Gasteiger partial charge in [0.2, 0.25) is 6.79 Å². The Morgan fingerprint density at radius 2 is 2.00 bits per heavy atom. The maximum atomic E-state index is 11.9. The summed E-state index contributed by atoms with van der Waals surface area (Å²) in [5.74, 6) is 0.652. The summed E-state index contributed by atoms with van der Waals surface area (Å²) in [5, 5.41) is 12.7. The van der Waals surface area contributed by atoms with Crippen LogP contribution in [0.4, 0.5) is 0 Å². The summed E-state index contributed by atoms with van der Waals surface area (Å²) in [5.41, 5.74) is 1.77. The van der Waals surface area contributed by atoms with Gasteiger partial charge in [0.1, 0.15) is 11.8 Å². The molecule has 1 aromatic heterocycles. The summed E-state index contributed by atoms with van der Waals surface area (Å²) in [4.78, 5) is 28.0. The number of carboxylic acids is 1. The molecule has 29 heavy (non-hydrogen) atoms. The molecule has 2 heterocycles. The van der Waals surface area contributed by atoms with Crippen molar-refractivity contribution >= 4 is 11.8 Å². The molecule has 2 N–H and O–H groups in total. The quantitative estimate of drug-likeness (QED) is 0.629. The molecule has 3 rings (SSSR count). The molecule has 1 aliphatic heterocycles. The first-order valence-electron chi connectivity index (χ1n) is 9.70. The Morgan fingerprint density at radius 3 is 2.69 bits per heavy atom. The van der Waals surface area contributed by atoms with Crippen molar-refractivity contribution < 1.29 is 24.2 Å². The van der Waals surface area contributed by atoms with Crippen LogP contribution in [0.3, 0.4) is 0 Å². The smallest absolute Gasteiger partial charge is 0.321 e. The first kappa shape index (κ1) is 20.9. The van der Waals surface area contributed by atoms with Crippen molar-refractivity contribution in [3.8, 4) is 11.5 Å². The number of aliphatic carboxylic acids is 1. The highest BCUT2D eigenvalue weighted by atomic mass is 16.7. The Hall–Kier alpha value is -2.87. The fraction of sp³-hybridized carbons (Fsp3) is 0.476. The minimum atomic E-state index is -0.990. The third-order valence-corrected chi connectivity index (χ3v) is 4.90. The van der Waals surface area contributed by atoms with Crippen LogP contribution in [0.15, 0.2) is 30.7 Å². The maximum Gasteiger partial charge on any atom is 0.321 e. The molecule has 0 saturated heterocycles. The van der Waals surface area contributed by atoms with Gasteiger partial charge in [0.15, 0.2) is 11.5 Å². The first-order valence-corrected chi connectivity index (χ1v) is 9.70. The molecule has 8 heteroatoms. The van der Waals surface area contributed by atoms with Gasteiger partial charge in [-0.25, -0.2) is 4.98 Å². The average Bonchev–Trinajstić information content (AvgIpc) is 3.28. The Bertz CT molecular complexity index is 877. The molecule has 0 aliphatic carbocycles. The van der Waals surface area contributed by atoms with E-state index in [-0.39, 0.29) is 24.9 Å². The van der Waals surface area contributed by atoms with Crippen LogP contribution < -0.4 is 14.8 Å². The minimum Gasteiger partial charge on any atom is -0.480 e. The molecule has 0 saturated carbocycles. The highest BCUT2D eigenvalue weighted by molar-refractivity contribution is 5.83. The van der Waals surface area contributed by atoms with Gasteiger partial charge >= 0.3 is 5.97 Å². The molecule has 0 spiro atoms. The summed E-state index contributed by atoms with van der Waals surface area (Å²) in [6.07, 6.45) is 4.16. The van der Waals surface area contributed by atoms with E-state index in [2.05, 4.69) is 10.3 Å². The van der Waals surface area contributed by atoms with Crippen LogP contribution in [0.25, 0.3) is 0 Å². The molecule has 1 aromatic carbocycles. The van der Waals surface area contributed by atoms with Crippen molar-refractivity contribution in [2.45, 2.75) is 52.2 Å². The van der Waals surface area contributed by atoms with E-state index in [4.69, 9.17) is 9.47 Å². The summed E-state index contributed by atoms with van der Waals surface area (Å²) in [7, 11) is 0. The van der Waals surface area contributed by atoms with Gasteiger partial charge in [0.25, 0.3) is 0 Å². The zero-order valence-electron chi connectivity index (χ0n) is 16.9. The lowest BCUT2D eigenvalue weighted by molar-refractivity contribution is -0.139. The molecular formula is C21H27N3O5. The lowest BCUT2D eigenvalue weighted by atomic mass is 9.99. The van der Waals surface area contributed by atoms with Gasteiger partial charge < -0.3 is 19.1 Å².